The molecule has 0 radical (unpaired) electrons. The Labute approximate surface area is 224 Å². The van der Waals surface area contributed by atoms with Gasteiger partial charge in [0.05, 0.1) is 12.2 Å². The van der Waals surface area contributed by atoms with Crippen molar-refractivity contribution in [1.82, 2.24) is 4.90 Å². The summed E-state index contributed by atoms with van der Waals surface area (Å²) in [6.07, 6.45) is 0.746. The number of hydrogen-bond acceptors (Lipinski definition) is 4. The van der Waals surface area contributed by atoms with E-state index in [9.17, 15) is 15.0 Å². The molecule has 4 aromatic rings. The van der Waals surface area contributed by atoms with Crippen molar-refractivity contribution in [1.29, 1.82) is 0 Å². The van der Waals surface area contributed by atoms with E-state index in [0.29, 0.717) is 30.8 Å². The molecule has 0 saturated heterocycles. The van der Waals surface area contributed by atoms with Crippen molar-refractivity contribution in [2.24, 2.45) is 0 Å². The first-order valence-electron chi connectivity index (χ1n) is 12.7. The molecule has 38 heavy (non-hydrogen) atoms. The van der Waals surface area contributed by atoms with Gasteiger partial charge >= 0.3 is 0 Å². The largest absolute Gasteiger partial charge is 0.508 e. The van der Waals surface area contributed by atoms with Crippen LogP contribution in [0.15, 0.2) is 97.6 Å². The molecule has 0 atom stereocenters. The van der Waals surface area contributed by atoms with Crippen LogP contribution < -0.4 is 4.74 Å². The Bertz CT molecular complexity index is 1410. The molecule has 0 aliphatic carbocycles. The summed E-state index contributed by atoms with van der Waals surface area (Å²) < 4.78 is 5.73. The zero-order valence-electron chi connectivity index (χ0n) is 21.9. The Morgan fingerprint density at radius 2 is 1.61 bits per heavy atom. The second-order valence-corrected chi connectivity index (χ2v) is 9.25. The summed E-state index contributed by atoms with van der Waals surface area (Å²) in [5, 5.41) is 19.7. The molecule has 4 rings (SSSR count). The lowest BCUT2D eigenvalue weighted by Gasteiger charge is -2.24. The molecule has 0 heterocycles. The van der Waals surface area contributed by atoms with E-state index in [1.54, 1.807) is 18.2 Å². The second-order valence-electron chi connectivity index (χ2n) is 9.25. The minimum atomic E-state index is -0.183. The maximum Gasteiger partial charge on any atom is 0.254 e. The number of aromatic hydroxyl groups is 1. The minimum absolute atomic E-state index is 0.0194. The number of phenolic OH excluding ortho intramolecular Hbond substituents is 1. The normalized spacial score (nSPS) is 10.7. The topological polar surface area (TPSA) is 70.0 Å². The van der Waals surface area contributed by atoms with Crippen LogP contribution in [-0.2, 0) is 13.0 Å². The van der Waals surface area contributed by atoms with Gasteiger partial charge in [0.2, 0.25) is 0 Å². The highest BCUT2D eigenvalue weighted by Crippen LogP contribution is 2.29. The first-order valence-corrected chi connectivity index (χ1v) is 12.7. The standard InChI is InChI=1S/C33H33NO4/c1-4-38-32-21-29(13-10-23(32)2)33(37)34(19-18-25-8-6-5-7-9-25)22-26-11-14-27(15-12-26)28-16-17-31(36)30(20-28)24(3)35/h5-17,20-21,35-36H,3-4,18-19,22H2,1-2H3. The van der Waals surface area contributed by atoms with Crippen molar-refractivity contribution in [3.05, 3.63) is 125 Å². The molecule has 0 fully saturated rings. The van der Waals surface area contributed by atoms with Gasteiger partial charge in [-0.25, -0.2) is 0 Å². The lowest BCUT2D eigenvalue weighted by Crippen LogP contribution is -2.32. The van der Waals surface area contributed by atoms with Crippen LogP contribution in [0.3, 0.4) is 0 Å². The molecule has 0 unspecified atom stereocenters. The summed E-state index contributed by atoms with van der Waals surface area (Å²) in [5.41, 5.74) is 5.85. The number of hydrogen-bond donors (Lipinski definition) is 2. The average molecular weight is 508 g/mol. The van der Waals surface area contributed by atoms with E-state index in [-0.39, 0.29) is 17.4 Å². The molecule has 5 heteroatoms. The number of aliphatic hydroxyl groups excluding tert-OH is 1. The molecule has 194 valence electrons. The van der Waals surface area contributed by atoms with Gasteiger partial charge in [-0.05, 0) is 72.4 Å². The Hall–Kier alpha value is -4.51. The van der Waals surface area contributed by atoms with Gasteiger partial charge in [0.1, 0.15) is 17.3 Å². The number of carbonyl (C=O) groups excluding carboxylic acids is 1. The van der Waals surface area contributed by atoms with Gasteiger partial charge in [-0.15, -0.1) is 0 Å². The van der Waals surface area contributed by atoms with E-state index in [1.807, 2.05) is 79.4 Å². The highest BCUT2D eigenvalue weighted by atomic mass is 16.5. The first kappa shape index (κ1) is 26.6. The molecule has 5 nitrogen and oxygen atoms in total. The monoisotopic (exact) mass is 507 g/mol. The quantitative estimate of drug-likeness (QED) is 0.223. The van der Waals surface area contributed by atoms with Crippen LogP contribution in [0, 0.1) is 6.92 Å². The number of phenols is 1. The summed E-state index contributed by atoms with van der Waals surface area (Å²) in [7, 11) is 0. The summed E-state index contributed by atoms with van der Waals surface area (Å²) in [6, 6.07) is 28.8. The average Bonchev–Trinajstić information content (AvgIpc) is 2.93. The highest BCUT2D eigenvalue weighted by molar-refractivity contribution is 5.94. The highest BCUT2D eigenvalue weighted by Gasteiger charge is 2.18. The summed E-state index contributed by atoms with van der Waals surface area (Å²) in [5.74, 6) is 0.478. The van der Waals surface area contributed by atoms with Gasteiger partial charge < -0.3 is 19.8 Å². The van der Waals surface area contributed by atoms with Crippen molar-refractivity contribution >= 4 is 11.7 Å². The van der Waals surface area contributed by atoms with Crippen molar-refractivity contribution < 1.29 is 19.7 Å². The lowest BCUT2D eigenvalue weighted by atomic mass is 10.0. The fourth-order valence-corrected chi connectivity index (χ4v) is 4.36. The van der Waals surface area contributed by atoms with E-state index < -0.39 is 0 Å². The zero-order valence-corrected chi connectivity index (χ0v) is 21.9. The summed E-state index contributed by atoms with van der Waals surface area (Å²) in [4.78, 5) is 15.5. The fraction of sp³-hybridized carbons (Fsp3) is 0.182. The predicted octanol–water partition coefficient (Wildman–Crippen LogP) is 7.18. The van der Waals surface area contributed by atoms with E-state index in [1.165, 1.54) is 5.56 Å². The van der Waals surface area contributed by atoms with Gasteiger partial charge in [0.25, 0.3) is 5.91 Å². The molecule has 0 spiro atoms. The molecule has 4 aromatic carbocycles. The number of nitrogens with zero attached hydrogens (tertiary/aromatic N) is 1. The van der Waals surface area contributed by atoms with Gasteiger partial charge in [-0.3, -0.25) is 4.79 Å². The molecule has 0 saturated carbocycles. The molecule has 1 amide bonds. The van der Waals surface area contributed by atoms with E-state index in [4.69, 9.17) is 4.74 Å². The Morgan fingerprint density at radius 1 is 0.895 bits per heavy atom. The molecular formula is C33H33NO4. The first-order chi connectivity index (χ1) is 18.4. The summed E-state index contributed by atoms with van der Waals surface area (Å²) >= 11 is 0. The van der Waals surface area contributed by atoms with Gasteiger partial charge in [0, 0.05) is 18.7 Å². The molecule has 2 N–H and O–H groups in total. The second kappa shape index (κ2) is 12.2. The van der Waals surface area contributed by atoms with E-state index in [2.05, 4.69) is 18.7 Å². The van der Waals surface area contributed by atoms with Crippen molar-refractivity contribution in [3.63, 3.8) is 0 Å². The molecular weight excluding hydrogens is 474 g/mol. The van der Waals surface area contributed by atoms with Gasteiger partial charge in [-0.1, -0.05) is 73.3 Å². The number of amides is 1. The van der Waals surface area contributed by atoms with Gasteiger partial charge in [0.15, 0.2) is 0 Å². The molecule has 0 aromatic heterocycles. The molecule has 0 aliphatic heterocycles. The maximum atomic E-state index is 13.7. The Balaban J connectivity index is 1.58. The van der Waals surface area contributed by atoms with E-state index >= 15 is 0 Å². The SMILES string of the molecule is C=C(O)c1cc(-c2ccc(CN(CCc3ccccc3)C(=O)c3ccc(C)c(OCC)c3)cc2)ccc1O. The fourth-order valence-electron chi connectivity index (χ4n) is 4.36. The zero-order chi connectivity index (χ0) is 27.1. The number of carbonyl (C=O) groups is 1. The van der Waals surface area contributed by atoms with E-state index in [0.717, 1.165) is 34.4 Å². The van der Waals surface area contributed by atoms with Crippen molar-refractivity contribution in [2.45, 2.75) is 26.8 Å². The Kier molecular flexibility index (Phi) is 8.49. The number of benzene rings is 4. The van der Waals surface area contributed by atoms with Crippen LogP contribution >= 0.6 is 0 Å². The molecule has 0 aliphatic rings. The number of ether oxygens (including phenoxy) is 1. The Morgan fingerprint density at radius 3 is 2.29 bits per heavy atom. The maximum absolute atomic E-state index is 13.7. The van der Waals surface area contributed by atoms with Crippen LogP contribution in [0.25, 0.3) is 16.9 Å². The lowest BCUT2D eigenvalue weighted by molar-refractivity contribution is 0.0744. The van der Waals surface area contributed by atoms with Crippen molar-refractivity contribution in [2.75, 3.05) is 13.2 Å². The third-order valence-electron chi connectivity index (χ3n) is 6.50. The van der Waals surface area contributed by atoms with Crippen LogP contribution in [-0.4, -0.2) is 34.2 Å². The number of aryl methyl sites for hydroxylation is 1. The van der Waals surface area contributed by atoms with Crippen molar-refractivity contribution in [3.8, 4) is 22.6 Å². The summed E-state index contributed by atoms with van der Waals surface area (Å²) in [6.45, 7) is 8.99. The van der Waals surface area contributed by atoms with Crippen LogP contribution in [0.2, 0.25) is 0 Å². The third kappa shape index (κ3) is 6.43. The third-order valence-corrected chi connectivity index (χ3v) is 6.50. The van der Waals surface area contributed by atoms with Crippen LogP contribution in [0.4, 0.5) is 0 Å². The minimum Gasteiger partial charge on any atom is -0.508 e. The van der Waals surface area contributed by atoms with Crippen LogP contribution in [0.5, 0.6) is 11.5 Å². The smallest absolute Gasteiger partial charge is 0.254 e. The molecule has 0 bridgehead atoms. The van der Waals surface area contributed by atoms with Crippen LogP contribution in [0.1, 0.15) is 39.5 Å². The number of rotatable bonds is 10. The number of aliphatic hydroxyl groups is 1. The van der Waals surface area contributed by atoms with Gasteiger partial charge in [-0.2, -0.15) is 0 Å². The predicted molar refractivity (Wildman–Crippen MR) is 152 cm³/mol.